The van der Waals surface area contributed by atoms with E-state index in [1.165, 1.54) is 4.90 Å². The second kappa shape index (κ2) is 9.84. The maximum Gasteiger partial charge on any atom is 0.285 e. The van der Waals surface area contributed by atoms with Crippen LogP contribution in [-0.2, 0) is 0 Å². The molecule has 0 saturated heterocycles. The van der Waals surface area contributed by atoms with Gasteiger partial charge in [-0.3, -0.25) is 9.59 Å². The first-order valence-corrected chi connectivity index (χ1v) is 10.1. The van der Waals surface area contributed by atoms with Crippen LogP contribution in [0.2, 0.25) is 0 Å². The lowest BCUT2D eigenvalue weighted by molar-refractivity contribution is 0.102. The topological polar surface area (TPSA) is 70.7 Å². The Labute approximate surface area is 180 Å². The van der Waals surface area contributed by atoms with Crippen LogP contribution in [0.15, 0.2) is 77.7 Å². The third-order valence-electron chi connectivity index (χ3n) is 4.22. The fraction of sp³-hybridized carbons (Fsp3) is 0.130. The second-order valence-corrected chi connectivity index (χ2v) is 7.66. The van der Waals surface area contributed by atoms with E-state index in [1.54, 1.807) is 39.4 Å². The third-order valence-corrected chi connectivity index (χ3v) is 5.27. The minimum absolute atomic E-state index is 0.0506. The number of benzene rings is 3. The zero-order valence-corrected chi connectivity index (χ0v) is 17.8. The summed E-state index contributed by atoms with van der Waals surface area (Å²) in [5.74, 6) is 0.539. The molecule has 7 heteroatoms. The lowest BCUT2D eigenvalue weighted by Gasteiger charge is -2.13. The molecule has 0 bridgehead atoms. The monoisotopic (exact) mass is 421 g/mol. The van der Waals surface area contributed by atoms with Gasteiger partial charge in [-0.25, -0.2) is 0 Å². The summed E-state index contributed by atoms with van der Waals surface area (Å²) in [6.07, 6.45) is 0. The van der Waals surface area contributed by atoms with Crippen LogP contribution >= 0.6 is 11.8 Å². The highest BCUT2D eigenvalue weighted by Crippen LogP contribution is 2.25. The minimum Gasteiger partial charge on any atom is -0.497 e. The Balaban J connectivity index is 1.70. The minimum atomic E-state index is -0.226. The lowest BCUT2D eigenvalue weighted by atomic mass is 10.1. The molecule has 0 atom stereocenters. The van der Waals surface area contributed by atoms with E-state index in [0.29, 0.717) is 16.9 Å². The molecule has 0 aromatic heterocycles. The van der Waals surface area contributed by atoms with Crippen LogP contribution in [0.3, 0.4) is 0 Å². The van der Waals surface area contributed by atoms with E-state index in [-0.39, 0.29) is 11.1 Å². The highest BCUT2D eigenvalue weighted by molar-refractivity contribution is 8.13. The van der Waals surface area contributed by atoms with Crippen molar-refractivity contribution in [2.75, 3.05) is 31.8 Å². The number of carbonyl (C=O) groups is 2. The highest BCUT2D eigenvalue weighted by Gasteiger charge is 2.12. The van der Waals surface area contributed by atoms with Crippen LogP contribution in [-0.4, -0.2) is 37.3 Å². The van der Waals surface area contributed by atoms with E-state index in [1.807, 2.05) is 54.6 Å². The summed E-state index contributed by atoms with van der Waals surface area (Å²) in [6.45, 7) is 0. The smallest absolute Gasteiger partial charge is 0.285 e. The molecule has 6 nitrogen and oxygen atoms in total. The summed E-state index contributed by atoms with van der Waals surface area (Å²) in [5.41, 5.74) is 2.72. The molecule has 0 unspecified atom stereocenters. The standard InChI is InChI=1S/C23H23N3O3S/c1-26(2)23(28)30-19-14-10-17(11-15-19)25-22(27)20-6-4-5-7-21(20)24-16-8-12-18(29-3)13-9-16/h4-15,24H,1-3H3,(H,25,27). The number of thioether (sulfide) groups is 1. The Morgan fingerprint density at radius 1 is 0.867 bits per heavy atom. The number of rotatable bonds is 6. The number of nitrogens with zero attached hydrogens (tertiary/aromatic N) is 1. The van der Waals surface area contributed by atoms with Gasteiger partial charge in [0.15, 0.2) is 0 Å². The Hall–Kier alpha value is -3.45. The third kappa shape index (κ3) is 5.55. The van der Waals surface area contributed by atoms with Gasteiger partial charge < -0.3 is 20.3 Å². The average molecular weight is 422 g/mol. The zero-order chi connectivity index (χ0) is 21.5. The van der Waals surface area contributed by atoms with Crippen LogP contribution in [0.4, 0.5) is 21.9 Å². The van der Waals surface area contributed by atoms with Gasteiger partial charge in [-0.2, -0.15) is 0 Å². The Bertz CT molecular complexity index is 1020. The molecule has 0 spiro atoms. The molecule has 154 valence electrons. The maximum atomic E-state index is 12.8. The predicted molar refractivity (Wildman–Crippen MR) is 122 cm³/mol. The molecule has 30 heavy (non-hydrogen) atoms. The summed E-state index contributed by atoms with van der Waals surface area (Å²) < 4.78 is 5.17. The van der Waals surface area contributed by atoms with Gasteiger partial charge in [0.1, 0.15) is 5.75 Å². The van der Waals surface area contributed by atoms with Crippen molar-refractivity contribution in [3.8, 4) is 5.75 Å². The summed E-state index contributed by atoms with van der Waals surface area (Å²) in [7, 11) is 5.04. The van der Waals surface area contributed by atoms with Crippen LogP contribution in [0.25, 0.3) is 0 Å². The number of para-hydroxylation sites is 1. The van der Waals surface area contributed by atoms with E-state index in [4.69, 9.17) is 4.74 Å². The Morgan fingerprint density at radius 2 is 1.50 bits per heavy atom. The predicted octanol–water partition coefficient (Wildman–Crippen LogP) is 5.46. The molecule has 3 aromatic rings. The lowest BCUT2D eigenvalue weighted by Crippen LogP contribution is -2.16. The Morgan fingerprint density at radius 3 is 2.13 bits per heavy atom. The van der Waals surface area contributed by atoms with Crippen molar-refractivity contribution >= 4 is 40.0 Å². The van der Waals surface area contributed by atoms with Crippen molar-refractivity contribution in [1.82, 2.24) is 4.90 Å². The second-order valence-electron chi connectivity index (χ2n) is 6.64. The van der Waals surface area contributed by atoms with Crippen molar-refractivity contribution in [2.24, 2.45) is 0 Å². The molecule has 0 saturated carbocycles. The fourth-order valence-corrected chi connectivity index (χ4v) is 3.27. The molecule has 0 heterocycles. The summed E-state index contributed by atoms with van der Waals surface area (Å²) in [6, 6.07) is 22.0. The zero-order valence-electron chi connectivity index (χ0n) is 17.0. The molecule has 3 rings (SSSR count). The largest absolute Gasteiger partial charge is 0.497 e. The van der Waals surface area contributed by atoms with E-state index < -0.39 is 0 Å². The van der Waals surface area contributed by atoms with Gasteiger partial charge in [0, 0.05) is 30.4 Å². The van der Waals surface area contributed by atoms with Crippen molar-refractivity contribution in [1.29, 1.82) is 0 Å². The number of methoxy groups -OCH3 is 1. The maximum absolute atomic E-state index is 12.8. The number of nitrogens with one attached hydrogen (secondary N) is 2. The van der Waals surface area contributed by atoms with Crippen molar-refractivity contribution in [2.45, 2.75) is 4.90 Å². The number of ether oxygens (including phenoxy) is 1. The van der Waals surface area contributed by atoms with Crippen LogP contribution in [0.1, 0.15) is 10.4 Å². The molecule has 0 aliphatic heterocycles. The van der Waals surface area contributed by atoms with Crippen molar-refractivity contribution in [3.05, 3.63) is 78.4 Å². The van der Waals surface area contributed by atoms with E-state index >= 15 is 0 Å². The van der Waals surface area contributed by atoms with Crippen LogP contribution in [0.5, 0.6) is 5.75 Å². The number of hydrogen-bond acceptors (Lipinski definition) is 5. The van der Waals surface area contributed by atoms with Gasteiger partial charge in [0.25, 0.3) is 11.1 Å². The van der Waals surface area contributed by atoms with Gasteiger partial charge in [-0.15, -0.1) is 0 Å². The highest BCUT2D eigenvalue weighted by atomic mass is 32.2. The molecule has 0 aliphatic carbocycles. The van der Waals surface area contributed by atoms with E-state index in [2.05, 4.69) is 10.6 Å². The number of anilines is 3. The first kappa shape index (κ1) is 21.3. The summed E-state index contributed by atoms with van der Waals surface area (Å²) in [5, 5.41) is 6.12. The molecule has 2 amide bonds. The number of amides is 2. The van der Waals surface area contributed by atoms with Gasteiger partial charge >= 0.3 is 0 Å². The molecule has 0 aliphatic rings. The quantitative estimate of drug-likeness (QED) is 0.517. The molecular formula is C23H23N3O3S. The summed E-state index contributed by atoms with van der Waals surface area (Å²) in [4.78, 5) is 27.0. The van der Waals surface area contributed by atoms with Crippen LogP contribution in [0, 0.1) is 0 Å². The van der Waals surface area contributed by atoms with Crippen molar-refractivity contribution in [3.63, 3.8) is 0 Å². The summed E-state index contributed by atoms with van der Waals surface area (Å²) >= 11 is 1.14. The SMILES string of the molecule is COc1ccc(Nc2ccccc2C(=O)Nc2ccc(SC(=O)N(C)C)cc2)cc1. The van der Waals surface area contributed by atoms with E-state index in [0.717, 1.165) is 28.1 Å². The van der Waals surface area contributed by atoms with Gasteiger partial charge in [0.2, 0.25) is 0 Å². The van der Waals surface area contributed by atoms with Gasteiger partial charge in [-0.1, -0.05) is 12.1 Å². The van der Waals surface area contributed by atoms with Gasteiger partial charge in [-0.05, 0) is 72.4 Å². The Kier molecular flexibility index (Phi) is 6.98. The normalized spacial score (nSPS) is 10.2. The average Bonchev–Trinajstić information content (AvgIpc) is 2.76. The molecular weight excluding hydrogens is 398 g/mol. The van der Waals surface area contributed by atoms with E-state index in [9.17, 15) is 9.59 Å². The molecule has 0 fully saturated rings. The molecule has 3 aromatic carbocycles. The first-order valence-electron chi connectivity index (χ1n) is 9.27. The molecule has 2 N–H and O–H groups in total. The molecule has 0 radical (unpaired) electrons. The van der Waals surface area contributed by atoms with Gasteiger partial charge in [0.05, 0.1) is 18.4 Å². The fourth-order valence-electron chi connectivity index (χ4n) is 2.62. The number of carbonyl (C=O) groups excluding carboxylic acids is 2. The van der Waals surface area contributed by atoms with Crippen molar-refractivity contribution < 1.29 is 14.3 Å². The van der Waals surface area contributed by atoms with Crippen LogP contribution < -0.4 is 15.4 Å². The number of hydrogen-bond donors (Lipinski definition) is 2. The first-order chi connectivity index (χ1) is 14.5.